The van der Waals surface area contributed by atoms with E-state index in [4.69, 9.17) is 0 Å². The highest BCUT2D eigenvalue weighted by atomic mass is 32.2. The highest BCUT2D eigenvalue weighted by Crippen LogP contribution is 2.37. The molecule has 0 saturated carbocycles. The van der Waals surface area contributed by atoms with E-state index in [1.54, 1.807) is 12.1 Å². The van der Waals surface area contributed by atoms with Gasteiger partial charge < -0.3 is 0 Å². The van der Waals surface area contributed by atoms with Gasteiger partial charge in [0, 0.05) is 16.8 Å². The number of hydrogen-bond donors (Lipinski definition) is 2. The molecule has 0 atom stereocenters. The first kappa shape index (κ1) is 18.9. The van der Waals surface area contributed by atoms with E-state index in [1.165, 1.54) is 24.4 Å². The van der Waals surface area contributed by atoms with E-state index in [0.29, 0.717) is 17.2 Å². The van der Waals surface area contributed by atoms with E-state index in [0.717, 1.165) is 12.3 Å². The predicted molar refractivity (Wildman–Crippen MR) is 92.9 cm³/mol. The second-order valence-electron chi connectivity index (χ2n) is 5.81. The predicted octanol–water partition coefficient (Wildman–Crippen LogP) is 4.27. The molecule has 0 aliphatic rings. The summed E-state index contributed by atoms with van der Waals surface area (Å²) in [6, 6.07) is 8.94. The van der Waals surface area contributed by atoms with Gasteiger partial charge in [-0.15, -0.1) is 0 Å². The average molecular weight is 399 g/mol. The fourth-order valence-corrected chi connectivity index (χ4v) is 3.14. The van der Waals surface area contributed by atoms with Crippen LogP contribution in [0.25, 0.3) is 22.4 Å². The molecule has 0 fully saturated rings. The van der Waals surface area contributed by atoms with Crippen LogP contribution in [0.1, 0.15) is 5.56 Å². The van der Waals surface area contributed by atoms with E-state index < -0.39 is 27.6 Å². The van der Waals surface area contributed by atoms with Crippen molar-refractivity contribution in [3.8, 4) is 22.4 Å². The molecule has 0 spiro atoms. The summed E-state index contributed by atoms with van der Waals surface area (Å²) in [7, 11) is -3.49. The minimum atomic E-state index is -4.83. The Kier molecular flexibility index (Phi) is 4.68. The summed E-state index contributed by atoms with van der Waals surface area (Å²) >= 11 is 0. The summed E-state index contributed by atoms with van der Waals surface area (Å²) in [4.78, 5) is 0. The number of rotatable bonds is 4. The molecular formula is C17H13F4N3O2S. The molecule has 0 aliphatic heterocycles. The largest absolute Gasteiger partial charge is 0.419 e. The molecule has 0 bridgehead atoms. The summed E-state index contributed by atoms with van der Waals surface area (Å²) in [5.74, 6) is -1.37. The van der Waals surface area contributed by atoms with Crippen molar-refractivity contribution in [1.82, 2.24) is 10.2 Å². The number of aromatic amines is 1. The van der Waals surface area contributed by atoms with E-state index in [2.05, 4.69) is 14.9 Å². The smallest absolute Gasteiger partial charge is 0.284 e. The number of nitrogens with zero attached hydrogens (tertiary/aromatic N) is 1. The number of halogens is 4. The zero-order chi connectivity index (χ0) is 19.8. The SMILES string of the molecule is CS(=O)(=O)Nc1cccc(-c2cn[nH]c2-c2ccc(F)c(C(F)(F)F)c2)c1. The van der Waals surface area contributed by atoms with Crippen LogP contribution in [0.15, 0.2) is 48.7 Å². The van der Waals surface area contributed by atoms with E-state index in [-0.39, 0.29) is 16.9 Å². The Bertz CT molecular complexity index is 1090. The van der Waals surface area contributed by atoms with Crippen LogP contribution in [0.3, 0.4) is 0 Å². The first-order valence-electron chi connectivity index (χ1n) is 7.53. The second-order valence-corrected chi connectivity index (χ2v) is 7.55. The van der Waals surface area contributed by atoms with Crippen LogP contribution in [0, 0.1) is 5.82 Å². The molecule has 0 saturated heterocycles. The first-order valence-corrected chi connectivity index (χ1v) is 9.42. The van der Waals surface area contributed by atoms with Crippen molar-refractivity contribution in [3.05, 3.63) is 60.0 Å². The fraction of sp³-hybridized carbons (Fsp3) is 0.118. The van der Waals surface area contributed by atoms with Gasteiger partial charge in [0.25, 0.3) is 0 Å². The topological polar surface area (TPSA) is 74.8 Å². The molecule has 3 rings (SSSR count). The molecule has 0 unspecified atom stereocenters. The minimum absolute atomic E-state index is 0.0951. The van der Waals surface area contributed by atoms with Gasteiger partial charge >= 0.3 is 6.18 Å². The normalized spacial score (nSPS) is 12.2. The van der Waals surface area contributed by atoms with Gasteiger partial charge in [-0.05, 0) is 35.9 Å². The van der Waals surface area contributed by atoms with E-state index in [1.807, 2.05) is 0 Å². The van der Waals surface area contributed by atoms with Crippen molar-refractivity contribution in [2.24, 2.45) is 0 Å². The van der Waals surface area contributed by atoms with Crippen molar-refractivity contribution < 1.29 is 26.0 Å². The molecule has 2 aromatic carbocycles. The second kappa shape index (κ2) is 6.69. The Balaban J connectivity index is 2.07. The van der Waals surface area contributed by atoms with Gasteiger partial charge in [-0.3, -0.25) is 9.82 Å². The molecule has 2 N–H and O–H groups in total. The van der Waals surface area contributed by atoms with Crippen molar-refractivity contribution in [2.45, 2.75) is 6.18 Å². The van der Waals surface area contributed by atoms with Crippen molar-refractivity contribution in [2.75, 3.05) is 11.0 Å². The Morgan fingerprint density at radius 1 is 1.07 bits per heavy atom. The standard InChI is InChI=1S/C17H13F4N3O2S/c1-27(25,26)24-12-4-2-3-10(7-12)13-9-22-23-16(13)11-5-6-15(18)14(8-11)17(19,20)21/h2-9,24H,1H3,(H,22,23). The third kappa shape index (κ3) is 4.27. The molecule has 3 aromatic rings. The van der Waals surface area contributed by atoms with Crippen LogP contribution in [0.2, 0.25) is 0 Å². The monoisotopic (exact) mass is 399 g/mol. The Morgan fingerprint density at radius 3 is 2.48 bits per heavy atom. The lowest BCUT2D eigenvalue weighted by Crippen LogP contribution is -2.09. The Morgan fingerprint density at radius 2 is 1.81 bits per heavy atom. The zero-order valence-electron chi connectivity index (χ0n) is 13.8. The molecule has 142 valence electrons. The van der Waals surface area contributed by atoms with Crippen molar-refractivity contribution >= 4 is 15.7 Å². The van der Waals surface area contributed by atoms with Gasteiger partial charge in [0.05, 0.1) is 23.7 Å². The quantitative estimate of drug-likeness (QED) is 0.644. The van der Waals surface area contributed by atoms with Gasteiger partial charge in [-0.25, -0.2) is 12.8 Å². The van der Waals surface area contributed by atoms with Gasteiger partial charge in [0.15, 0.2) is 0 Å². The summed E-state index contributed by atoms with van der Waals surface area (Å²) in [5, 5.41) is 6.46. The highest BCUT2D eigenvalue weighted by molar-refractivity contribution is 7.92. The molecule has 10 heteroatoms. The molecular weight excluding hydrogens is 386 g/mol. The maximum Gasteiger partial charge on any atom is 0.419 e. The van der Waals surface area contributed by atoms with Gasteiger partial charge in [0.1, 0.15) is 5.82 Å². The van der Waals surface area contributed by atoms with Gasteiger partial charge in [-0.2, -0.15) is 18.3 Å². The minimum Gasteiger partial charge on any atom is -0.284 e. The number of nitrogens with one attached hydrogen (secondary N) is 2. The van der Waals surface area contributed by atoms with Crippen molar-refractivity contribution in [1.29, 1.82) is 0 Å². The number of sulfonamides is 1. The molecule has 0 aliphatic carbocycles. The third-order valence-corrected chi connectivity index (χ3v) is 4.28. The van der Waals surface area contributed by atoms with E-state index >= 15 is 0 Å². The Hall–Kier alpha value is -2.88. The van der Waals surface area contributed by atoms with Crippen LogP contribution >= 0.6 is 0 Å². The molecule has 5 nitrogen and oxygen atoms in total. The average Bonchev–Trinajstić information content (AvgIpc) is 3.02. The van der Waals surface area contributed by atoms with Crippen LogP contribution < -0.4 is 4.72 Å². The number of aromatic nitrogens is 2. The van der Waals surface area contributed by atoms with Crippen LogP contribution in [0.4, 0.5) is 23.2 Å². The lowest BCUT2D eigenvalue weighted by molar-refractivity contribution is -0.139. The molecule has 1 heterocycles. The molecule has 0 amide bonds. The van der Waals surface area contributed by atoms with Crippen LogP contribution in [-0.4, -0.2) is 24.9 Å². The van der Waals surface area contributed by atoms with E-state index in [9.17, 15) is 26.0 Å². The number of H-pyrrole nitrogens is 1. The van der Waals surface area contributed by atoms with Crippen LogP contribution in [-0.2, 0) is 16.2 Å². The summed E-state index contributed by atoms with van der Waals surface area (Å²) in [6.45, 7) is 0. The first-order chi connectivity index (χ1) is 12.5. The maximum atomic E-state index is 13.5. The fourth-order valence-electron chi connectivity index (χ4n) is 2.59. The number of anilines is 1. The summed E-state index contributed by atoms with van der Waals surface area (Å²) < 4.78 is 77.5. The maximum absolute atomic E-state index is 13.5. The summed E-state index contributed by atoms with van der Waals surface area (Å²) in [6.07, 6.45) is -2.44. The van der Waals surface area contributed by atoms with Crippen LogP contribution in [0.5, 0.6) is 0 Å². The molecule has 0 radical (unpaired) electrons. The lowest BCUT2D eigenvalue weighted by atomic mass is 10.00. The molecule has 1 aromatic heterocycles. The third-order valence-electron chi connectivity index (χ3n) is 3.68. The zero-order valence-corrected chi connectivity index (χ0v) is 14.6. The van der Waals surface area contributed by atoms with Gasteiger partial charge in [0.2, 0.25) is 10.0 Å². The number of benzene rings is 2. The lowest BCUT2D eigenvalue weighted by Gasteiger charge is -2.11. The Labute approximate surface area is 152 Å². The highest BCUT2D eigenvalue weighted by Gasteiger charge is 2.34. The summed E-state index contributed by atoms with van der Waals surface area (Å²) in [5.41, 5.74) is 0.206. The number of alkyl halides is 3. The molecule has 27 heavy (non-hydrogen) atoms. The number of hydrogen-bond acceptors (Lipinski definition) is 3. The van der Waals surface area contributed by atoms with Crippen molar-refractivity contribution in [3.63, 3.8) is 0 Å². The van der Waals surface area contributed by atoms with Gasteiger partial charge in [-0.1, -0.05) is 12.1 Å².